The van der Waals surface area contributed by atoms with E-state index in [4.69, 9.17) is 9.47 Å². The zero-order chi connectivity index (χ0) is 24.8. The smallest absolute Gasteiger partial charge is 0.338 e. The van der Waals surface area contributed by atoms with E-state index in [1.54, 1.807) is 36.1 Å². The Kier molecular flexibility index (Phi) is 7.45. The third-order valence-corrected chi connectivity index (χ3v) is 5.90. The molecule has 0 unspecified atom stereocenters. The van der Waals surface area contributed by atoms with Crippen LogP contribution < -0.4 is 10.6 Å². The summed E-state index contributed by atoms with van der Waals surface area (Å²) >= 11 is 0. The predicted octanol–water partition coefficient (Wildman–Crippen LogP) is 2.45. The first-order valence-electron chi connectivity index (χ1n) is 11.5. The number of nitrogens with one attached hydrogen (secondary N) is 2. The van der Waals surface area contributed by atoms with Crippen molar-refractivity contribution in [1.82, 2.24) is 15.5 Å². The topological polar surface area (TPSA) is 114 Å². The molecule has 0 saturated carbocycles. The first-order chi connectivity index (χ1) is 17.0. The minimum atomic E-state index is -0.757. The van der Waals surface area contributed by atoms with Gasteiger partial charge < -0.3 is 25.0 Å². The van der Waals surface area contributed by atoms with Crippen molar-refractivity contribution in [3.05, 3.63) is 83.1 Å². The second kappa shape index (κ2) is 10.9. The highest BCUT2D eigenvalue weighted by Crippen LogP contribution is 2.28. The molecule has 2 aromatic carbocycles. The van der Waals surface area contributed by atoms with Gasteiger partial charge in [0.25, 0.3) is 0 Å². The molecule has 2 aliphatic rings. The normalized spacial score (nSPS) is 19.7. The van der Waals surface area contributed by atoms with E-state index in [0.29, 0.717) is 12.1 Å². The highest BCUT2D eigenvalue weighted by molar-refractivity contribution is 5.95. The van der Waals surface area contributed by atoms with Gasteiger partial charge in [0, 0.05) is 19.5 Å². The molecule has 9 heteroatoms. The molecule has 9 nitrogen and oxygen atoms in total. The van der Waals surface area contributed by atoms with Crippen molar-refractivity contribution < 1.29 is 28.7 Å². The number of nitrogens with zero attached hydrogens (tertiary/aromatic N) is 1. The van der Waals surface area contributed by atoms with Gasteiger partial charge in [0.05, 0.1) is 29.8 Å². The van der Waals surface area contributed by atoms with E-state index in [-0.39, 0.29) is 43.4 Å². The van der Waals surface area contributed by atoms with Crippen LogP contribution in [0.3, 0.4) is 0 Å². The van der Waals surface area contributed by atoms with E-state index in [1.807, 2.05) is 36.4 Å². The number of esters is 2. The van der Waals surface area contributed by atoms with Gasteiger partial charge in [0.15, 0.2) is 0 Å². The zero-order valence-corrected chi connectivity index (χ0v) is 19.4. The molecule has 0 radical (unpaired) electrons. The van der Waals surface area contributed by atoms with E-state index in [9.17, 15) is 19.2 Å². The lowest BCUT2D eigenvalue weighted by atomic mass is 9.95. The van der Waals surface area contributed by atoms with Crippen LogP contribution in [0, 0.1) is 5.92 Å². The molecule has 0 bridgehead atoms. The number of hydrogen-bond donors (Lipinski definition) is 2. The maximum atomic E-state index is 12.8. The number of hydrogen-bond acceptors (Lipinski definition) is 6. The zero-order valence-electron chi connectivity index (χ0n) is 19.4. The third-order valence-electron chi connectivity index (χ3n) is 5.90. The maximum Gasteiger partial charge on any atom is 0.338 e. The summed E-state index contributed by atoms with van der Waals surface area (Å²) in [5.41, 5.74) is 1.98. The van der Waals surface area contributed by atoms with Crippen LogP contribution in [-0.2, 0) is 30.4 Å². The Hall–Kier alpha value is -4.14. The van der Waals surface area contributed by atoms with Gasteiger partial charge in [-0.25, -0.2) is 9.59 Å². The number of benzene rings is 2. The molecule has 2 aromatic rings. The number of carbonyl (C=O) groups is 4. The SMILES string of the molecule is CCOC(=O)C1=C(COC(=O)[C@H]2CC(=O)N(Cc3ccccc3)C2)NC(=O)N[C@H]1c1ccccc1. The summed E-state index contributed by atoms with van der Waals surface area (Å²) < 4.78 is 10.7. The van der Waals surface area contributed by atoms with Crippen molar-refractivity contribution >= 4 is 23.9 Å². The van der Waals surface area contributed by atoms with Crippen molar-refractivity contribution in [2.75, 3.05) is 19.8 Å². The van der Waals surface area contributed by atoms with Crippen molar-refractivity contribution in [2.45, 2.75) is 25.9 Å². The van der Waals surface area contributed by atoms with Crippen molar-refractivity contribution in [3.8, 4) is 0 Å². The van der Waals surface area contributed by atoms with Crippen LogP contribution in [0.4, 0.5) is 4.79 Å². The first kappa shape index (κ1) is 24.0. The molecule has 35 heavy (non-hydrogen) atoms. The summed E-state index contributed by atoms with van der Waals surface area (Å²) in [5, 5.41) is 5.30. The standard InChI is InChI=1S/C26H27N3O6/c1-2-34-25(32)22-20(27-26(33)28-23(22)18-11-7-4-8-12-18)16-35-24(31)19-13-21(30)29(15-19)14-17-9-5-3-6-10-17/h3-12,19,23H,2,13-16H2,1H3,(H2,27,28,33)/t19-,23-/m0/s1. The Morgan fingerprint density at radius 1 is 1.00 bits per heavy atom. The summed E-state index contributed by atoms with van der Waals surface area (Å²) in [6.07, 6.45) is 0.0516. The van der Waals surface area contributed by atoms with Gasteiger partial charge in [0.1, 0.15) is 6.61 Å². The average Bonchev–Trinajstić information content (AvgIpc) is 3.23. The molecule has 182 valence electrons. The molecule has 0 aliphatic carbocycles. The van der Waals surface area contributed by atoms with Crippen LogP contribution in [0.15, 0.2) is 71.9 Å². The third kappa shape index (κ3) is 5.68. The lowest BCUT2D eigenvalue weighted by Crippen LogP contribution is -2.47. The summed E-state index contributed by atoms with van der Waals surface area (Å²) in [4.78, 5) is 52.0. The van der Waals surface area contributed by atoms with E-state index in [0.717, 1.165) is 5.56 Å². The summed E-state index contributed by atoms with van der Waals surface area (Å²) in [5.74, 6) is -1.93. The summed E-state index contributed by atoms with van der Waals surface area (Å²) in [7, 11) is 0. The Morgan fingerprint density at radius 2 is 1.69 bits per heavy atom. The Balaban J connectivity index is 1.48. The van der Waals surface area contributed by atoms with Crippen molar-refractivity contribution in [2.24, 2.45) is 5.92 Å². The van der Waals surface area contributed by atoms with Crippen LogP contribution in [-0.4, -0.2) is 48.5 Å². The quantitative estimate of drug-likeness (QED) is 0.565. The Morgan fingerprint density at radius 3 is 2.37 bits per heavy atom. The highest BCUT2D eigenvalue weighted by atomic mass is 16.5. The van der Waals surface area contributed by atoms with Gasteiger partial charge >= 0.3 is 18.0 Å². The number of rotatable bonds is 8. The largest absolute Gasteiger partial charge is 0.463 e. The van der Waals surface area contributed by atoms with Crippen LogP contribution in [0.2, 0.25) is 0 Å². The summed E-state index contributed by atoms with van der Waals surface area (Å²) in [6.45, 7) is 2.17. The van der Waals surface area contributed by atoms with Gasteiger partial charge in [-0.3, -0.25) is 9.59 Å². The molecule has 0 spiro atoms. The molecule has 1 fully saturated rings. The number of carbonyl (C=O) groups excluding carboxylic acids is 4. The molecule has 2 atom stereocenters. The average molecular weight is 478 g/mol. The Bertz CT molecular complexity index is 1130. The maximum absolute atomic E-state index is 12.8. The molecule has 2 heterocycles. The van der Waals surface area contributed by atoms with Crippen LogP contribution in [0.5, 0.6) is 0 Å². The van der Waals surface area contributed by atoms with E-state index < -0.39 is 29.9 Å². The summed E-state index contributed by atoms with van der Waals surface area (Å²) in [6, 6.07) is 17.2. The lowest BCUT2D eigenvalue weighted by Gasteiger charge is -2.29. The fourth-order valence-corrected chi connectivity index (χ4v) is 4.23. The van der Waals surface area contributed by atoms with Gasteiger partial charge in [-0.05, 0) is 18.1 Å². The number of urea groups is 1. The minimum absolute atomic E-state index is 0.0516. The Labute approximate surface area is 203 Å². The number of ether oxygens (including phenoxy) is 2. The highest BCUT2D eigenvalue weighted by Gasteiger charge is 2.37. The predicted molar refractivity (Wildman–Crippen MR) is 125 cm³/mol. The monoisotopic (exact) mass is 477 g/mol. The van der Waals surface area contributed by atoms with Gasteiger partial charge in [-0.15, -0.1) is 0 Å². The van der Waals surface area contributed by atoms with Gasteiger partial charge in [-0.1, -0.05) is 60.7 Å². The fraction of sp³-hybridized carbons (Fsp3) is 0.308. The van der Waals surface area contributed by atoms with Gasteiger partial charge in [-0.2, -0.15) is 0 Å². The number of likely N-dealkylation sites (tertiary alicyclic amines) is 1. The van der Waals surface area contributed by atoms with Gasteiger partial charge in [0.2, 0.25) is 5.91 Å². The van der Waals surface area contributed by atoms with Crippen LogP contribution in [0.1, 0.15) is 30.5 Å². The lowest BCUT2D eigenvalue weighted by molar-refractivity contribution is -0.148. The van der Waals surface area contributed by atoms with Crippen LogP contribution >= 0.6 is 0 Å². The molecular weight excluding hydrogens is 450 g/mol. The fourth-order valence-electron chi connectivity index (χ4n) is 4.23. The number of amides is 3. The van der Waals surface area contributed by atoms with Crippen molar-refractivity contribution in [3.63, 3.8) is 0 Å². The van der Waals surface area contributed by atoms with Crippen LogP contribution in [0.25, 0.3) is 0 Å². The molecular formula is C26H27N3O6. The van der Waals surface area contributed by atoms with E-state index in [1.165, 1.54) is 0 Å². The minimum Gasteiger partial charge on any atom is -0.463 e. The molecule has 0 aromatic heterocycles. The molecule has 4 rings (SSSR count). The van der Waals surface area contributed by atoms with E-state index in [2.05, 4.69) is 10.6 Å². The molecule has 2 N–H and O–H groups in total. The van der Waals surface area contributed by atoms with Crippen molar-refractivity contribution in [1.29, 1.82) is 0 Å². The second-order valence-corrected chi connectivity index (χ2v) is 8.32. The molecule has 2 aliphatic heterocycles. The van der Waals surface area contributed by atoms with E-state index >= 15 is 0 Å². The second-order valence-electron chi connectivity index (χ2n) is 8.32. The first-order valence-corrected chi connectivity index (χ1v) is 11.5. The molecule has 3 amide bonds. The molecule has 1 saturated heterocycles.